The summed E-state index contributed by atoms with van der Waals surface area (Å²) >= 11 is 0. The predicted octanol–water partition coefficient (Wildman–Crippen LogP) is 2.51. The number of hydrogen-bond donors (Lipinski definition) is 0. The van der Waals surface area contributed by atoms with Crippen LogP contribution in [0.4, 0.5) is 0 Å². The third-order valence-corrected chi connectivity index (χ3v) is 4.80. The van der Waals surface area contributed by atoms with Crippen molar-refractivity contribution in [2.45, 2.75) is 9.79 Å². The van der Waals surface area contributed by atoms with Crippen molar-refractivity contribution in [1.82, 2.24) is 0 Å². The van der Waals surface area contributed by atoms with E-state index in [1.54, 1.807) is 43.5 Å². The second-order valence-corrected chi connectivity index (χ2v) is 5.72. The van der Waals surface area contributed by atoms with Gasteiger partial charge < -0.3 is 4.74 Å². The molecule has 0 spiro atoms. The fourth-order valence-corrected chi connectivity index (χ4v) is 3.89. The summed E-state index contributed by atoms with van der Waals surface area (Å²) < 4.78 is 29.8. The van der Waals surface area contributed by atoms with Gasteiger partial charge in [-0.1, -0.05) is 24.3 Å². The number of fused-ring (bicyclic) bond motifs is 3. The quantitative estimate of drug-likeness (QED) is 0.662. The molecule has 2 aromatic rings. The molecule has 0 saturated carbocycles. The molecule has 4 heteroatoms. The summed E-state index contributed by atoms with van der Waals surface area (Å²) in [7, 11) is -1.83. The Bertz CT molecular complexity index is 702. The maximum Gasteiger partial charge on any atom is 0.207 e. The Balaban J connectivity index is 2.50. The Morgan fingerprint density at radius 1 is 0.941 bits per heavy atom. The van der Waals surface area contributed by atoms with Crippen molar-refractivity contribution < 1.29 is 13.2 Å². The van der Waals surface area contributed by atoms with Gasteiger partial charge >= 0.3 is 0 Å². The molecule has 1 heterocycles. The van der Waals surface area contributed by atoms with Crippen LogP contribution in [0.1, 0.15) is 0 Å². The van der Waals surface area contributed by atoms with Crippen molar-refractivity contribution >= 4 is 9.84 Å². The van der Waals surface area contributed by atoms with Gasteiger partial charge in [0.05, 0.1) is 16.9 Å². The summed E-state index contributed by atoms with van der Waals surface area (Å²) in [5, 5.41) is 0. The molecule has 1 aliphatic rings. The molecule has 0 aromatic heterocycles. The zero-order valence-electron chi connectivity index (χ0n) is 9.17. The maximum atomic E-state index is 12.3. The van der Waals surface area contributed by atoms with E-state index in [0.717, 1.165) is 5.56 Å². The summed E-state index contributed by atoms with van der Waals surface area (Å²) in [6, 6.07) is 12.1. The summed E-state index contributed by atoms with van der Waals surface area (Å²) in [5.74, 6) is 0.594. The van der Waals surface area contributed by atoms with Crippen molar-refractivity contribution in [3.8, 4) is 16.9 Å². The van der Waals surface area contributed by atoms with Gasteiger partial charge in [0.1, 0.15) is 5.75 Å². The molecular formula is C13H10O3S. The monoisotopic (exact) mass is 246 g/mol. The summed E-state index contributed by atoms with van der Waals surface area (Å²) in [4.78, 5) is 0.692. The van der Waals surface area contributed by atoms with Gasteiger partial charge in [-0.3, -0.25) is 0 Å². The number of rotatable bonds is 1. The van der Waals surface area contributed by atoms with Gasteiger partial charge in [0.15, 0.2) is 0 Å². The van der Waals surface area contributed by atoms with Crippen molar-refractivity contribution in [1.29, 1.82) is 0 Å². The highest BCUT2D eigenvalue weighted by Gasteiger charge is 2.34. The van der Waals surface area contributed by atoms with Gasteiger partial charge in [0.2, 0.25) is 9.84 Å². The number of methoxy groups -OCH3 is 1. The first-order valence-corrected chi connectivity index (χ1v) is 6.66. The molecule has 0 unspecified atom stereocenters. The minimum absolute atomic E-state index is 0.332. The second kappa shape index (κ2) is 3.34. The molecule has 3 nitrogen and oxygen atoms in total. The normalized spacial score (nSPS) is 15.1. The summed E-state index contributed by atoms with van der Waals surface area (Å²) in [6.07, 6.45) is 0. The topological polar surface area (TPSA) is 43.4 Å². The van der Waals surface area contributed by atoms with Gasteiger partial charge in [-0.25, -0.2) is 8.42 Å². The average molecular weight is 246 g/mol. The Hall–Kier alpha value is -1.81. The van der Waals surface area contributed by atoms with E-state index in [-0.39, 0.29) is 0 Å². The number of sulfone groups is 1. The van der Waals surface area contributed by atoms with E-state index in [2.05, 4.69) is 0 Å². The minimum atomic E-state index is -3.38. The number of benzene rings is 2. The molecule has 0 bridgehead atoms. The molecule has 2 aromatic carbocycles. The molecule has 0 atom stereocenters. The van der Waals surface area contributed by atoms with Crippen LogP contribution in [0.2, 0.25) is 0 Å². The summed E-state index contributed by atoms with van der Waals surface area (Å²) in [5.41, 5.74) is 1.39. The smallest absolute Gasteiger partial charge is 0.207 e. The first-order valence-electron chi connectivity index (χ1n) is 5.18. The molecule has 3 rings (SSSR count). The lowest BCUT2D eigenvalue weighted by Gasteiger charge is -2.05. The lowest BCUT2D eigenvalue weighted by Crippen LogP contribution is -1.96. The zero-order valence-corrected chi connectivity index (χ0v) is 9.99. The van der Waals surface area contributed by atoms with Gasteiger partial charge in [-0.05, 0) is 18.2 Å². The molecule has 0 N–H and O–H groups in total. The van der Waals surface area contributed by atoms with Crippen molar-refractivity contribution in [2.24, 2.45) is 0 Å². The van der Waals surface area contributed by atoms with Crippen LogP contribution in [-0.2, 0) is 9.84 Å². The molecule has 0 saturated heterocycles. The van der Waals surface area contributed by atoms with E-state index in [9.17, 15) is 8.42 Å². The minimum Gasteiger partial charge on any atom is -0.496 e. The van der Waals surface area contributed by atoms with E-state index in [1.165, 1.54) is 0 Å². The highest BCUT2D eigenvalue weighted by Crippen LogP contribution is 2.47. The first kappa shape index (κ1) is 10.4. The number of ether oxygens (including phenoxy) is 1. The van der Waals surface area contributed by atoms with Crippen LogP contribution in [0.25, 0.3) is 11.1 Å². The van der Waals surface area contributed by atoms with E-state index in [1.807, 2.05) is 6.07 Å². The van der Waals surface area contributed by atoms with Crippen LogP contribution in [0.15, 0.2) is 52.3 Å². The van der Waals surface area contributed by atoms with E-state index in [4.69, 9.17) is 4.74 Å². The fraction of sp³-hybridized carbons (Fsp3) is 0.0769. The second-order valence-electron chi connectivity index (χ2n) is 3.83. The molecule has 86 valence electrons. The van der Waals surface area contributed by atoms with E-state index >= 15 is 0 Å². The van der Waals surface area contributed by atoms with Crippen molar-refractivity contribution in [3.63, 3.8) is 0 Å². The molecule has 0 aliphatic carbocycles. The lowest BCUT2D eigenvalue weighted by molar-refractivity contribution is 0.415. The first-order chi connectivity index (χ1) is 8.16. The standard InChI is InChI=1S/C13H10O3S/c1-16-10-6-4-8-12-13(10)9-5-2-3-7-11(9)17(12,14)15/h2-8H,1H3. The fourth-order valence-electron chi connectivity index (χ4n) is 2.20. The third kappa shape index (κ3) is 1.24. The zero-order chi connectivity index (χ0) is 12.0. The molecule has 0 radical (unpaired) electrons. The third-order valence-electron chi connectivity index (χ3n) is 2.94. The molecule has 0 fully saturated rings. The van der Waals surface area contributed by atoms with E-state index < -0.39 is 9.84 Å². The lowest BCUT2D eigenvalue weighted by atomic mass is 10.1. The highest BCUT2D eigenvalue weighted by atomic mass is 32.2. The predicted molar refractivity (Wildman–Crippen MR) is 63.9 cm³/mol. The molecule has 1 aliphatic heterocycles. The highest BCUT2D eigenvalue weighted by molar-refractivity contribution is 7.92. The number of hydrogen-bond acceptors (Lipinski definition) is 3. The van der Waals surface area contributed by atoms with Crippen LogP contribution < -0.4 is 4.74 Å². The molecular weight excluding hydrogens is 236 g/mol. The largest absolute Gasteiger partial charge is 0.496 e. The Morgan fingerprint density at radius 3 is 2.41 bits per heavy atom. The van der Waals surface area contributed by atoms with Gasteiger partial charge in [0, 0.05) is 11.1 Å². The Labute approximate surface area is 99.6 Å². The van der Waals surface area contributed by atoms with Crippen molar-refractivity contribution in [3.05, 3.63) is 42.5 Å². The Kier molecular flexibility index (Phi) is 2.03. The van der Waals surface area contributed by atoms with Gasteiger partial charge in [-0.15, -0.1) is 0 Å². The SMILES string of the molecule is COc1cccc2c1-c1ccccc1S2(=O)=O. The molecule has 17 heavy (non-hydrogen) atoms. The van der Waals surface area contributed by atoms with Crippen LogP contribution >= 0.6 is 0 Å². The van der Waals surface area contributed by atoms with Crippen LogP contribution in [-0.4, -0.2) is 15.5 Å². The van der Waals surface area contributed by atoms with Crippen LogP contribution in [0, 0.1) is 0 Å². The Morgan fingerprint density at radius 2 is 1.65 bits per heavy atom. The average Bonchev–Trinajstić information content (AvgIpc) is 2.60. The van der Waals surface area contributed by atoms with Crippen LogP contribution in [0.5, 0.6) is 5.75 Å². The van der Waals surface area contributed by atoms with Gasteiger partial charge in [-0.2, -0.15) is 0 Å². The van der Waals surface area contributed by atoms with Crippen molar-refractivity contribution in [2.75, 3.05) is 7.11 Å². The molecule has 0 amide bonds. The van der Waals surface area contributed by atoms with Gasteiger partial charge in [0.25, 0.3) is 0 Å². The van der Waals surface area contributed by atoms with E-state index in [0.29, 0.717) is 21.1 Å². The van der Waals surface area contributed by atoms with Crippen LogP contribution in [0.3, 0.4) is 0 Å². The maximum absolute atomic E-state index is 12.3. The summed E-state index contributed by atoms with van der Waals surface area (Å²) in [6.45, 7) is 0.